The van der Waals surface area contributed by atoms with Gasteiger partial charge in [-0.05, 0) is 69.2 Å². The van der Waals surface area contributed by atoms with Gasteiger partial charge in [0.1, 0.15) is 5.60 Å². The summed E-state index contributed by atoms with van der Waals surface area (Å²) in [5, 5.41) is 22.0. The summed E-state index contributed by atoms with van der Waals surface area (Å²) in [4.78, 5) is 28.3. The molecule has 2 heterocycles. The molecule has 37 heavy (non-hydrogen) atoms. The number of ether oxygens (including phenoxy) is 2. The largest absolute Gasteiger partial charge is 0.481 e. The lowest BCUT2D eigenvalue weighted by Crippen LogP contribution is -2.50. The van der Waals surface area contributed by atoms with Crippen molar-refractivity contribution >= 4 is 29.1 Å². The molecular weight excluding hydrogens is 472 g/mol. The molecule has 0 aliphatic carbocycles. The smallest absolute Gasteiger partial charge is 0.410 e. The normalized spacial score (nSPS) is 19.4. The second kappa shape index (κ2) is 10.7. The van der Waals surface area contributed by atoms with Gasteiger partial charge in [-0.15, -0.1) is 0 Å². The Morgan fingerprint density at radius 3 is 2.46 bits per heavy atom. The number of nitrogens with zero attached hydrogens (tertiary/aromatic N) is 3. The molecule has 2 bridgehead atoms. The maximum absolute atomic E-state index is 12.7. The zero-order chi connectivity index (χ0) is 26.7. The number of nitriles is 1. The SMILES string of the molecule is COCC(CC(=O)O)c1ccc(N2C[C@@H]3C[C@H]2CN3C(=O)OC(C)(C)C)c(Nc2ccc(C#N)cc2)c1. The van der Waals surface area contributed by atoms with Crippen LogP contribution in [-0.4, -0.2) is 66.6 Å². The van der Waals surface area contributed by atoms with E-state index in [0.29, 0.717) is 25.3 Å². The first kappa shape index (κ1) is 26.3. The first-order valence-electron chi connectivity index (χ1n) is 12.5. The molecule has 2 aromatic carbocycles. The number of anilines is 3. The number of benzene rings is 2. The van der Waals surface area contributed by atoms with E-state index in [1.807, 2.05) is 56.0 Å². The summed E-state index contributed by atoms with van der Waals surface area (Å²) in [7, 11) is 1.57. The van der Waals surface area contributed by atoms with Crippen LogP contribution in [0.4, 0.5) is 21.9 Å². The van der Waals surface area contributed by atoms with Crippen molar-refractivity contribution in [3.05, 3.63) is 53.6 Å². The third kappa shape index (κ3) is 6.15. The highest BCUT2D eigenvalue weighted by Gasteiger charge is 2.47. The van der Waals surface area contributed by atoms with Gasteiger partial charge in [0.25, 0.3) is 0 Å². The van der Waals surface area contributed by atoms with Gasteiger partial charge in [0.05, 0.1) is 42.1 Å². The molecule has 0 saturated carbocycles. The van der Waals surface area contributed by atoms with Gasteiger partial charge in [0, 0.05) is 37.8 Å². The van der Waals surface area contributed by atoms with E-state index in [9.17, 15) is 14.7 Å². The molecule has 2 aromatic rings. The number of nitrogens with one attached hydrogen (secondary N) is 1. The summed E-state index contributed by atoms with van der Waals surface area (Å²) in [5.41, 5.74) is 3.53. The second-order valence-electron chi connectivity index (χ2n) is 10.7. The van der Waals surface area contributed by atoms with Gasteiger partial charge < -0.3 is 29.7 Å². The molecule has 2 aliphatic heterocycles. The molecule has 2 saturated heterocycles. The number of aliphatic carboxylic acids is 1. The Labute approximate surface area is 217 Å². The molecular formula is C28H34N4O5. The van der Waals surface area contributed by atoms with E-state index in [2.05, 4.69) is 16.3 Å². The Bertz CT molecular complexity index is 1180. The van der Waals surface area contributed by atoms with Crippen LogP contribution in [0.3, 0.4) is 0 Å². The van der Waals surface area contributed by atoms with Gasteiger partial charge in [-0.25, -0.2) is 4.79 Å². The number of piperazine rings is 1. The van der Waals surface area contributed by atoms with Crippen molar-refractivity contribution in [1.82, 2.24) is 4.90 Å². The summed E-state index contributed by atoms with van der Waals surface area (Å²) in [6.07, 6.45) is 0.549. The number of methoxy groups -OCH3 is 1. The zero-order valence-electron chi connectivity index (χ0n) is 21.7. The quantitative estimate of drug-likeness (QED) is 0.529. The van der Waals surface area contributed by atoms with Crippen molar-refractivity contribution in [3.63, 3.8) is 0 Å². The van der Waals surface area contributed by atoms with E-state index < -0.39 is 11.6 Å². The monoisotopic (exact) mass is 506 g/mol. The van der Waals surface area contributed by atoms with E-state index in [4.69, 9.17) is 14.7 Å². The summed E-state index contributed by atoms with van der Waals surface area (Å²) in [6, 6.07) is 15.5. The lowest BCUT2D eigenvalue weighted by atomic mass is 9.95. The average Bonchev–Trinajstić information content (AvgIpc) is 3.44. The lowest BCUT2D eigenvalue weighted by Gasteiger charge is -2.37. The molecule has 9 nitrogen and oxygen atoms in total. The van der Waals surface area contributed by atoms with E-state index in [1.165, 1.54) is 0 Å². The summed E-state index contributed by atoms with van der Waals surface area (Å²) in [6.45, 7) is 7.17. The first-order chi connectivity index (χ1) is 17.6. The Hall–Kier alpha value is -3.77. The Morgan fingerprint density at radius 2 is 1.89 bits per heavy atom. The van der Waals surface area contributed by atoms with Gasteiger partial charge in [0.2, 0.25) is 0 Å². The molecule has 1 amide bonds. The second-order valence-corrected chi connectivity index (χ2v) is 10.7. The average molecular weight is 507 g/mol. The van der Waals surface area contributed by atoms with E-state index in [0.717, 1.165) is 29.0 Å². The molecule has 2 N–H and O–H groups in total. The molecule has 2 aliphatic rings. The molecule has 9 heteroatoms. The van der Waals surface area contributed by atoms with Crippen molar-refractivity contribution in [3.8, 4) is 6.07 Å². The van der Waals surface area contributed by atoms with Crippen LogP contribution in [0.5, 0.6) is 0 Å². The van der Waals surface area contributed by atoms with Crippen molar-refractivity contribution in [2.24, 2.45) is 0 Å². The summed E-state index contributed by atoms with van der Waals surface area (Å²) >= 11 is 0. The first-order valence-corrected chi connectivity index (χ1v) is 12.5. The molecule has 1 unspecified atom stereocenters. The van der Waals surface area contributed by atoms with Crippen LogP contribution in [0.1, 0.15) is 50.7 Å². The fourth-order valence-electron chi connectivity index (χ4n) is 5.13. The van der Waals surface area contributed by atoms with Crippen molar-refractivity contribution in [1.29, 1.82) is 5.26 Å². The van der Waals surface area contributed by atoms with Crippen LogP contribution >= 0.6 is 0 Å². The highest BCUT2D eigenvalue weighted by atomic mass is 16.6. The molecule has 3 atom stereocenters. The Balaban J connectivity index is 1.62. The number of carbonyl (C=O) groups is 2. The van der Waals surface area contributed by atoms with Crippen LogP contribution in [0, 0.1) is 11.3 Å². The minimum Gasteiger partial charge on any atom is -0.481 e. The van der Waals surface area contributed by atoms with Crippen LogP contribution < -0.4 is 10.2 Å². The van der Waals surface area contributed by atoms with Crippen LogP contribution in [0.2, 0.25) is 0 Å². The van der Waals surface area contributed by atoms with Gasteiger partial charge in [-0.2, -0.15) is 5.26 Å². The molecule has 196 valence electrons. The topological polar surface area (TPSA) is 115 Å². The Kier molecular flexibility index (Phi) is 7.60. The molecule has 0 spiro atoms. The van der Waals surface area contributed by atoms with Gasteiger partial charge in [-0.3, -0.25) is 4.79 Å². The minimum atomic E-state index is -0.883. The number of amides is 1. The predicted octanol–water partition coefficient (Wildman–Crippen LogP) is 4.70. The van der Waals surface area contributed by atoms with Gasteiger partial charge in [-0.1, -0.05) is 6.07 Å². The van der Waals surface area contributed by atoms with Gasteiger partial charge in [0.15, 0.2) is 0 Å². The molecule has 0 aromatic heterocycles. The van der Waals surface area contributed by atoms with Crippen LogP contribution in [-0.2, 0) is 14.3 Å². The third-order valence-corrected chi connectivity index (χ3v) is 6.75. The number of fused-ring (bicyclic) bond motifs is 2. The lowest BCUT2D eigenvalue weighted by molar-refractivity contribution is -0.137. The zero-order valence-corrected chi connectivity index (χ0v) is 21.7. The highest BCUT2D eigenvalue weighted by molar-refractivity contribution is 5.79. The summed E-state index contributed by atoms with van der Waals surface area (Å²) < 4.78 is 10.9. The number of carbonyl (C=O) groups excluding carboxylic acids is 1. The fraction of sp³-hybridized carbons (Fsp3) is 0.464. The number of carboxylic acid groups (broad SMARTS) is 1. The summed E-state index contributed by atoms with van der Waals surface area (Å²) in [5.74, 6) is -1.18. The van der Waals surface area contributed by atoms with E-state index in [-0.39, 0.29) is 30.5 Å². The van der Waals surface area contributed by atoms with Gasteiger partial charge >= 0.3 is 12.1 Å². The minimum absolute atomic E-state index is 0.0389. The van der Waals surface area contributed by atoms with E-state index >= 15 is 0 Å². The molecule has 0 radical (unpaired) electrons. The maximum Gasteiger partial charge on any atom is 0.410 e. The number of carboxylic acids is 1. The van der Waals surface area contributed by atoms with Crippen LogP contribution in [0.25, 0.3) is 0 Å². The predicted molar refractivity (Wildman–Crippen MR) is 140 cm³/mol. The van der Waals surface area contributed by atoms with Crippen molar-refractivity contribution in [2.75, 3.05) is 37.0 Å². The maximum atomic E-state index is 12.7. The standard InChI is InChI=1S/C28H34N4O5/c1-28(2,3)37-27(35)32-16-22-13-23(32)15-31(22)25-10-7-19(20(17-36-4)12-26(33)34)11-24(25)30-21-8-5-18(14-29)6-9-21/h5-11,20,22-23,30H,12-13,15-17H2,1-4H3,(H,33,34)/t20?,22-,23-/m0/s1. The molecule has 4 rings (SSSR count). The Morgan fingerprint density at radius 1 is 1.16 bits per heavy atom. The number of hydrogen-bond donors (Lipinski definition) is 2. The highest BCUT2D eigenvalue weighted by Crippen LogP contribution is 2.41. The number of likely N-dealkylation sites (tertiary alicyclic amines) is 1. The number of hydrogen-bond acceptors (Lipinski definition) is 7. The molecule has 2 fully saturated rings. The number of rotatable bonds is 8. The van der Waals surface area contributed by atoms with Crippen LogP contribution in [0.15, 0.2) is 42.5 Å². The van der Waals surface area contributed by atoms with Crippen molar-refractivity contribution in [2.45, 2.75) is 57.2 Å². The van der Waals surface area contributed by atoms with Crippen molar-refractivity contribution < 1.29 is 24.2 Å². The fourth-order valence-corrected chi connectivity index (χ4v) is 5.13. The van der Waals surface area contributed by atoms with E-state index in [1.54, 1.807) is 19.2 Å². The third-order valence-electron chi connectivity index (χ3n) is 6.75.